The van der Waals surface area contributed by atoms with Crippen molar-refractivity contribution < 1.29 is 23.3 Å². The van der Waals surface area contributed by atoms with Crippen LogP contribution in [0.15, 0.2) is 60.7 Å². The van der Waals surface area contributed by atoms with E-state index in [0.29, 0.717) is 5.56 Å². The molecule has 3 aromatic carbocycles. The number of nitro benzene ring substituents is 1. The largest absolute Gasteiger partial charge is 0.324 e. The Morgan fingerprint density at radius 2 is 1.75 bits per heavy atom. The molecule has 0 bridgehead atoms. The Hall–Kier alpha value is -3.85. The van der Waals surface area contributed by atoms with Crippen molar-refractivity contribution in [2.24, 2.45) is 0 Å². The Balaban J connectivity index is 1.93. The van der Waals surface area contributed by atoms with Gasteiger partial charge in [0.15, 0.2) is 0 Å². The van der Waals surface area contributed by atoms with Crippen molar-refractivity contribution in [2.75, 3.05) is 11.9 Å². The van der Waals surface area contributed by atoms with Gasteiger partial charge in [0, 0.05) is 22.3 Å². The van der Waals surface area contributed by atoms with E-state index in [1.807, 2.05) is 0 Å². The van der Waals surface area contributed by atoms with E-state index in [-0.39, 0.29) is 21.8 Å². The molecular weight excluding hydrogens is 444 g/mol. The summed E-state index contributed by atoms with van der Waals surface area (Å²) in [7, 11) is 0. The molecule has 0 aliphatic carbocycles. The van der Waals surface area contributed by atoms with Crippen LogP contribution in [0.4, 0.5) is 20.2 Å². The highest BCUT2D eigenvalue weighted by Crippen LogP contribution is 2.38. The Morgan fingerprint density at radius 1 is 1.06 bits per heavy atom. The summed E-state index contributed by atoms with van der Waals surface area (Å²) in [5, 5.41) is 14.2. The van der Waals surface area contributed by atoms with Gasteiger partial charge >= 0.3 is 0 Å². The molecule has 1 atom stereocenters. The van der Waals surface area contributed by atoms with Crippen molar-refractivity contribution in [1.29, 1.82) is 0 Å². The fraction of sp³-hybridized carbons (Fsp3) is 0.0909. The monoisotopic (exact) mass is 457 g/mol. The van der Waals surface area contributed by atoms with E-state index < -0.39 is 46.6 Å². The Labute approximate surface area is 185 Å². The number of amides is 2. The van der Waals surface area contributed by atoms with E-state index in [0.717, 1.165) is 29.2 Å². The zero-order valence-electron chi connectivity index (χ0n) is 16.2. The highest BCUT2D eigenvalue weighted by Gasteiger charge is 2.36. The van der Waals surface area contributed by atoms with E-state index >= 15 is 0 Å². The fourth-order valence-electron chi connectivity index (χ4n) is 3.66. The lowest BCUT2D eigenvalue weighted by Gasteiger charge is -2.30. The topological polar surface area (TPSA) is 92.5 Å². The van der Waals surface area contributed by atoms with E-state index in [1.54, 1.807) is 0 Å². The molecule has 0 spiro atoms. The highest BCUT2D eigenvalue weighted by atomic mass is 35.5. The van der Waals surface area contributed by atoms with Gasteiger partial charge in [-0.05, 0) is 48.0 Å². The molecule has 0 aromatic heterocycles. The van der Waals surface area contributed by atoms with Gasteiger partial charge in [-0.15, -0.1) is 0 Å². The number of hydrogen-bond acceptors (Lipinski definition) is 4. The number of carbonyl (C=O) groups is 2. The average molecular weight is 458 g/mol. The molecule has 1 aliphatic rings. The minimum absolute atomic E-state index is 0.0861. The maximum atomic E-state index is 14.2. The summed E-state index contributed by atoms with van der Waals surface area (Å²) in [5.74, 6) is -2.59. The summed E-state index contributed by atoms with van der Waals surface area (Å²) in [6.07, 6.45) is 0. The van der Waals surface area contributed by atoms with Gasteiger partial charge in [0.2, 0.25) is 5.91 Å². The highest BCUT2D eigenvalue weighted by molar-refractivity contribution is 6.31. The van der Waals surface area contributed by atoms with Crippen molar-refractivity contribution in [2.45, 2.75) is 6.04 Å². The SMILES string of the molecule is O=C1CN(C(=O)c2cc(Cl)ccc2[N+](=O)[O-])C(c2ccc(F)cc2)c2cc(F)ccc2N1. The average Bonchev–Trinajstić information content (AvgIpc) is 2.89. The third-order valence-corrected chi connectivity index (χ3v) is 5.28. The number of nitrogens with zero attached hydrogens (tertiary/aromatic N) is 2. The maximum absolute atomic E-state index is 14.2. The number of hydrogen-bond donors (Lipinski definition) is 1. The first-order valence-electron chi connectivity index (χ1n) is 9.34. The van der Waals surface area contributed by atoms with Gasteiger partial charge in [0.05, 0.1) is 11.0 Å². The summed E-state index contributed by atoms with van der Waals surface area (Å²) in [6.45, 7) is -0.485. The van der Waals surface area contributed by atoms with Crippen LogP contribution in [0, 0.1) is 21.7 Å². The van der Waals surface area contributed by atoms with Gasteiger partial charge in [0.1, 0.15) is 23.7 Å². The van der Waals surface area contributed by atoms with Gasteiger partial charge < -0.3 is 10.2 Å². The third kappa shape index (κ3) is 4.02. The van der Waals surface area contributed by atoms with Gasteiger partial charge in [-0.1, -0.05) is 23.7 Å². The summed E-state index contributed by atoms with van der Waals surface area (Å²) in [4.78, 5) is 38.0. The molecule has 0 fully saturated rings. The Morgan fingerprint density at radius 3 is 2.44 bits per heavy atom. The summed E-state index contributed by atoms with van der Waals surface area (Å²) in [5.41, 5.74) is 0.0542. The van der Waals surface area contributed by atoms with Crippen molar-refractivity contribution in [3.05, 3.63) is 104 Å². The molecule has 0 radical (unpaired) electrons. The van der Waals surface area contributed by atoms with Crippen molar-refractivity contribution in [3.8, 4) is 0 Å². The molecule has 1 heterocycles. The molecule has 10 heteroatoms. The molecule has 1 N–H and O–H groups in total. The van der Waals surface area contributed by atoms with Crippen LogP contribution >= 0.6 is 11.6 Å². The summed E-state index contributed by atoms with van der Waals surface area (Å²) >= 11 is 5.97. The number of halogens is 3. The lowest BCUT2D eigenvalue weighted by atomic mass is 9.95. The molecule has 0 saturated carbocycles. The van der Waals surface area contributed by atoms with E-state index in [4.69, 9.17) is 11.6 Å². The maximum Gasteiger partial charge on any atom is 0.282 e. The predicted octanol–water partition coefficient (Wildman–Crippen LogP) is 4.71. The number of nitro groups is 1. The molecule has 1 aliphatic heterocycles. The molecular formula is C22H14ClF2N3O4. The molecule has 0 saturated heterocycles. The lowest BCUT2D eigenvalue weighted by molar-refractivity contribution is -0.385. The van der Waals surface area contributed by atoms with Gasteiger partial charge in [-0.25, -0.2) is 8.78 Å². The van der Waals surface area contributed by atoms with Crippen LogP contribution in [0.25, 0.3) is 0 Å². The number of nitrogens with one attached hydrogen (secondary N) is 1. The van der Waals surface area contributed by atoms with E-state index in [9.17, 15) is 28.5 Å². The minimum atomic E-state index is -1.04. The van der Waals surface area contributed by atoms with Crippen LogP contribution in [0.3, 0.4) is 0 Å². The first-order valence-corrected chi connectivity index (χ1v) is 9.72. The smallest absolute Gasteiger partial charge is 0.282 e. The molecule has 1 unspecified atom stereocenters. The summed E-state index contributed by atoms with van der Waals surface area (Å²) < 4.78 is 27.7. The third-order valence-electron chi connectivity index (χ3n) is 5.04. The van der Waals surface area contributed by atoms with E-state index in [2.05, 4.69) is 5.32 Å². The zero-order valence-corrected chi connectivity index (χ0v) is 17.0. The lowest BCUT2D eigenvalue weighted by Crippen LogP contribution is -2.39. The van der Waals surface area contributed by atoms with Crippen LogP contribution in [-0.2, 0) is 4.79 Å². The Bertz CT molecular complexity index is 1250. The molecule has 3 aromatic rings. The van der Waals surface area contributed by atoms with Gasteiger partial charge in [-0.2, -0.15) is 0 Å². The van der Waals surface area contributed by atoms with Crippen molar-refractivity contribution in [3.63, 3.8) is 0 Å². The molecule has 32 heavy (non-hydrogen) atoms. The quantitative estimate of drug-likeness (QED) is 0.455. The Kier molecular flexibility index (Phi) is 5.58. The number of benzene rings is 3. The van der Waals surface area contributed by atoms with E-state index in [1.165, 1.54) is 36.4 Å². The predicted molar refractivity (Wildman–Crippen MR) is 112 cm³/mol. The van der Waals surface area contributed by atoms with Gasteiger partial charge in [-0.3, -0.25) is 19.7 Å². The number of carbonyl (C=O) groups excluding carboxylic acids is 2. The fourth-order valence-corrected chi connectivity index (χ4v) is 3.84. The van der Waals surface area contributed by atoms with Crippen LogP contribution < -0.4 is 5.32 Å². The first kappa shape index (κ1) is 21.4. The number of fused-ring (bicyclic) bond motifs is 1. The minimum Gasteiger partial charge on any atom is -0.324 e. The van der Waals surface area contributed by atoms with Gasteiger partial charge in [0.25, 0.3) is 11.6 Å². The normalized spacial score (nSPS) is 15.5. The van der Waals surface area contributed by atoms with Crippen molar-refractivity contribution in [1.82, 2.24) is 4.90 Å². The second kappa shape index (κ2) is 8.35. The molecule has 4 rings (SSSR count). The molecule has 162 valence electrons. The second-order valence-electron chi connectivity index (χ2n) is 7.09. The number of anilines is 1. The number of rotatable bonds is 3. The molecule has 7 nitrogen and oxygen atoms in total. The zero-order chi connectivity index (χ0) is 23.0. The standard InChI is InChI=1S/C22H14ClF2N3O4/c23-13-3-8-19(28(31)32)17(9-13)22(30)27-11-20(29)26-18-7-6-15(25)10-16(18)21(27)12-1-4-14(24)5-2-12/h1-10,21H,11H2,(H,26,29). The van der Waals surface area contributed by atoms with Crippen molar-refractivity contribution >= 4 is 34.8 Å². The van der Waals surface area contributed by atoms with Crippen LogP contribution in [-0.4, -0.2) is 28.2 Å². The molecule has 2 amide bonds. The first-order chi connectivity index (χ1) is 15.2. The van der Waals surface area contributed by atoms with Crippen LogP contribution in [0.5, 0.6) is 0 Å². The second-order valence-corrected chi connectivity index (χ2v) is 7.52. The van der Waals surface area contributed by atoms with Crippen LogP contribution in [0.2, 0.25) is 5.02 Å². The van der Waals surface area contributed by atoms with Crippen LogP contribution in [0.1, 0.15) is 27.5 Å². The summed E-state index contributed by atoms with van der Waals surface area (Å²) in [6, 6.07) is 11.3.